The molecule has 0 aromatic rings. The van der Waals surface area contributed by atoms with Crippen LogP contribution in [-0.4, -0.2) is 10.2 Å². The fourth-order valence-electron chi connectivity index (χ4n) is 4.54. The van der Waals surface area contributed by atoms with Crippen LogP contribution in [0.5, 0.6) is 0 Å². The highest BCUT2D eigenvalue weighted by molar-refractivity contribution is 14.1. The second kappa shape index (κ2) is 3.19. The first-order valence-electron chi connectivity index (χ1n) is 5.88. The quantitative estimate of drug-likeness (QED) is 0.537. The topological polar surface area (TPSA) is 17.1 Å². The summed E-state index contributed by atoms with van der Waals surface area (Å²) < 4.78 is 1.22. The minimum absolute atomic E-state index is 0.469. The molecule has 0 radical (unpaired) electrons. The van der Waals surface area contributed by atoms with Crippen molar-refractivity contribution in [2.75, 3.05) is 4.43 Å². The SMILES string of the molecule is O=C1CCCC2(CI)C3CCCC3C12. The third-order valence-corrected chi connectivity index (χ3v) is 6.44. The maximum atomic E-state index is 12.0. The first-order chi connectivity index (χ1) is 6.79. The largest absolute Gasteiger partial charge is 0.299 e. The first kappa shape index (κ1) is 9.61. The molecule has 2 heteroatoms. The molecule has 3 rings (SSSR count). The molecule has 0 spiro atoms. The standard InChI is InChI=1S/C12H17IO/c13-7-12-6-2-5-10(14)11(12)8-3-1-4-9(8)12/h8-9,11H,1-7H2. The van der Waals surface area contributed by atoms with Gasteiger partial charge in [0.05, 0.1) is 0 Å². The van der Waals surface area contributed by atoms with E-state index in [0.29, 0.717) is 17.1 Å². The Hall–Kier alpha value is 0.400. The summed E-state index contributed by atoms with van der Waals surface area (Å²) in [5.74, 6) is 2.82. The third-order valence-electron chi connectivity index (χ3n) is 5.02. The molecule has 4 atom stereocenters. The van der Waals surface area contributed by atoms with Gasteiger partial charge in [-0.25, -0.2) is 0 Å². The van der Waals surface area contributed by atoms with Crippen LogP contribution in [0.1, 0.15) is 38.5 Å². The van der Waals surface area contributed by atoms with Crippen molar-refractivity contribution < 1.29 is 4.79 Å². The van der Waals surface area contributed by atoms with Crippen molar-refractivity contribution in [1.82, 2.24) is 0 Å². The van der Waals surface area contributed by atoms with Gasteiger partial charge in [0.1, 0.15) is 5.78 Å². The highest BCUT2D eigenvalue weighted by Crippen LogP contribution is 2.67. The van der Waals surface area contributed by atoms with Crippen LogP contribution in [0.4, 0.5) is 0 Å². The average molecular weight is 304 g/mol. The van der Waals surface area contributed by atoms with Gasteiger partial charge in [-0.1, -0.05) is 29.0 Å². The molecule has 4 unspecified atom stereocenters. The van der Waals surface area contributed by atoms with E-state index in [0.717, 1.165) is 18.3 Å². The fraction of sp³-hybridized carbons (Fsp3) is 0.917. The molecule has 78 valence electrons. The van der Waals surface area contributed by atoms with Gasteiger partial charge in [0.25, 0.3) is 0 Å². The Morgan fingerprint density at radius 3 is 3.00 bits per heavy atom. The maximum absolute atomic E-state index is 12.0. The maximum Gasteiger partial charge on any atom is 0.136 e. The van der Waals surface area contributed by atoms with Crippen molar-refractivity contribution in [2.24, 2.45) is 23.2 Å². The van der Waals surface area contributed by atoms with Crippen LogP contribution in [0, 0.1) is 23.2 Å². The van der Waals surface area contributed by atoms with Gasteiger partial charge in [-0.05, 0) is 42.9 Å². The fourth-order valence-corrected chi connectivity index (χ4v) is 5.96. The van der Waals surface area contributed by atoms with Gasteiger partial charge in [0.15, 0.2) is 0 Å². The van der Waals surface area contributed by atoms with E-state index in [-0.39, 0.29) is 0 Å². The van der Waals surface area contributed by atoms with Crippen LogP contribution in [0.3, 0.4) is 0 Å². The number of halogens is 1. The molecule has 0 heterocycles. The van der Waals surface area contributed by atoms with E-state index in [2.05, 4.69) is 22.6 Å². The molecule has 3 aliphatic carbocycles. The normalized spacial score (nSPS) is 50.9. The zero-order chi connectivity index (χ0) is 9.76. The van der Waals surface area contributed by atoms with Crippen LogP contribution in [0.15, 0.2) is 0 Å². The molecular formula is C12H17IO. The van der Waals surface area contributed by atoms with E-state index >= 15 is 0 Å². The van der Waals surface area contributed by atoms with Crippen LogP contribution < -0.4 is 0 Å². The Morgan fingerprint density at radius 1 is 1.36 bits per heavy atom. The van der Waals surface area contributed by atoms with Gasteiger partial charge < -0.3 is 0 Å². The summed E-state index contributed by atoms with van der Waals surface area (Å²) in [6.45, 7) is 0. The van der Waals surface area contributed by atoms with Gasteiger partial charge in [-0.2, -0.15) is 0 Å². The highest BCUT2D eigenvalue weighted by atomic mass is 127. The van der Waals surface area contributed by atoms with Crippen LogP contribution in [0.25, 0.3) is 0 Å². The summed E-state index contributed by atoms with van der Waals surface area (Å²) in [7, 11) is 0. The summed E-state index contributed by atoms with van der Waals surface area (Å²) in [5.41, 5.74) is 0.469. The molecule has 0 amide bonds. The van der Waals surface area contributed by atoms with Crippen LogP contribution in [-0.2, 0) is 4.79 Å². The summed E-state index contributed by atoms with van der Waals surface area (Å²) >= 11 is 2.52. The minimum atomic E-state index is 0.469. The predicted octanol–water partition coefficient (Wildman–Crippen LogP) is 3.21. The molecule has 3 fully saturated rings. The van der Waals surface area contributed by atoms with Crippen molar-refractivity contribution in [3.63, 3.8) is 0 Å². The molecule has 0 N–H and O–H groups in total. The Kier molecular flexibility index (Phi) is 2.19. The molecule has 0 aromatic heterocycles. The second-order valence-corrected chi connectivity index (χ2v) is 6.13. The van der Waals surface area contributed by atoms with E-state index in [1.165, 1.54) is 36.5 Å². The van der Waals surface area contributed by atoms with E-state index in [4.69, 9.17) is 0 Å². The number of fused-ring (bicyclic) bond motifs is 4. The smallest absolute Gasteiger partial charge is 0.136 e. The van der Waals surface area contributed by atoms with Crippen molar-refractivity contribution in [3.8, 4) is 0 Å². The summed E-state index contributed by atoms with van der Waals surface area (Å²) in [4.78, 5) is 12.0. The van der Waals surface area contributed by atoms with E-state index in [1.807, 2.05) is 0 Å². The average Bonchev–Trinajstić information content (AvgIpc) is 2.58. The molecule has 3 aliphatic rings. The zero-order valence-electron chi connectivity index (χ0n) is 8.47. The number of Topliss-reactive ketones (excluding diaryl/α,β-unsaturated/α-hetero) is 1. The number of ketones is 1. The van der Waals surface area contributed by atoms with Gasteiger partial charge in [0, 0.05) is 16.8 Å². The molecule has 14 heavy (non-hydrogen) atoms. The lowest BCUT2D eigenvalue weighted by molar-refractivity contribution is -0.158. The lowest BCUT2D eigenvalue weighted by Gasteiger charge is -2.60. The van der Waals surface area contributed by atoms with Gasteiger partial charge in [0.2, 0.25) is 0 Å². The molecular weight excluding hydrogens is 287 g/mol. The second-order valence-electron chi connectivity index (χ2n) is 5.37. The van der Waals surface area contributed by atoms with Crippen molar-refractivity contribution in [2.45, 2.75) is 38.5 Å². The Morgan fingerprint density at radius 2 is 2.21 bits per heavy atom. The third kappa shape index (κ3) is 0.987. The van der Waals surface area contributed by atoms with Crippen molar-refractivity contribution in [3.05, 3.63) is 0 Å². The number of alkyl halides is 1. The molecule has 0 bridgehead atoms. The lowest BCUT2D eigenvalue weighted by Crippen LogP contribution is -2.60. The summed E-state index contributed by atoms with van der Waals surface area (Å²) in [5, 5.41) is 0. The monoisotopic (exact) mass is 304 g/mol. The van der Waals surface area contributed by atoms with E-state index in [9.17, 15) is 4.79 Å². The van der Waals surface area contributed by atoms with Gasteiger partial charge >= 0.3 is 0 Å². The van der Waals surface area contributed by atoms with E-state index in [1.54, 1.807) is 0 Å². The van der Waals surface area contributed by atoms with Crippen molar-refractivity contribution >= 4 is 28.4 Å². The minimum Gasteiger partial charge on any atom is -0.299 e. The number of carbonyl (C=O) groups excluding carboxylic acids is 1. The summed E-state index contributed by atoms with van der Waals surface area (Å²) in [6, 6.07) is 0. The summed E-state index contributed by atoms with van der Waals surface area (Å²) in [6.07, 6.45) is 7.54. The van der Waals surface area contributed by atoms with Crippen molar-refractivity contribution in [1.29, 1.82) is 0 Å². The lowest BCUT2D eigenvalue weighted by atomic mass is 9.44. The number of carbonyl (C=O) groups is 1. The van der Waals surface area contributed by atoms with Gasteiger partial charge in [-0.3, -0.25) is 4.79 Å². The van der Waals surface area contributed by atoms with Gasteiger partial charge in [-0.15, -0.1) is 0 Å². The van der Waals surface area contributed by atoms with Crippen LogP contribution in [0.2, 0.25) is 0 Å². The first-order valence-corrected chi connectivity index (χ1v) is 7.41. The number of rotatable bonds is 1. The number of hydrogen-bond acceptors (Lipinski definition) is 1. The Labute approximate surface area is 99.2 Å². The molecule has 3 saturated carbocycles. The highest BCUT2D eigenvalue weighted by Gasteiger charge is 2.64. The predicted molar refractivity (Wildman–Crippen MR) is 64.5 cm³/mol. The Balaban J connectivity index is 1.94. The van der Waals surface area contributed by atoms with Crippen LogP contribution >= 0.6 is 22.6 Å². The Bertz CT molecular complexity index is 275. The number of hydrogen-bond donors (Lipinski definition) is 0. The zero-order valence-corrected chi connectivity index (χ0v) is 10.6. The molecule has 0 aliphatic heterocycles. The molecule has 0 aromatic carbocycles. The molecule has 0 saturated heterocycles. The van der Waals surface area contributed by atoms with E-state index < -0.39 is 0 Å². The molecule has 1 nitrogen and oxygen atoms in total.